The van der Waals surface area contributed by atoms with Gasteiger partial charge in [-0.3, -0.25) is 0 Å². The SMILES string of the molecule is C[C@@H](NC[C@H](O)C(F)(F)F)c1ccccc1. The maximum absolute atomic E-state index is 12.0. The molecule has 0 saturated carbocycles. The van der Waals surface area contributed by atoms with Crippen molar-refractivity contribution in [1.29, 1.82) is 0 Å². The topological polar surface area (TPSA) is 32.3 Å². The summed E-state index contributed by atoms with van der Waals surface area (Å²) in [4.78, 5) is 0. The van der Waals surface area contributed by atoms with Crippen LogP contribution in [-0.4, -0.2) is 23.9 Å². The van der Waals surface area contributed by atoms with E-state index in [1.807, 2.05) is 30.3 Å². The molecule has 0 fully saturated rings. The molecule has 0 unspecified atom stereocenters. The van der Waals surface area contributed by atoms with E-state index in [4.69, 9.17) is 5.11 Å². The van der Waals surface area contributed by atoms with E-state index in [1.165, 1.54) is 0 Å². The average molecular weight is 233 g/mol. The Morgan fingerprint density at radius 2 is 1.81 bits per heavy atom. The van der Waals surface area contributed by atoms with Gasteiger partial charge < -0.3 is 10.4 Å². The Balaban J connectivity index is 2.45. The Labute approximate surface area is 92.1 Å². The van der Waals surface area contributed by atoms with Crippen LogP contribution in [0.1, 0.15) is 18.5 Å². The summed E-state index contributed by atoms with van der Waals surface area (Å²) >= 11 is 0. The Morgan fingerprint density at radius 3 is 2.31 bits per heavy atom. The normalized spacial score (nSPS) is 15.8. The Kier molecular flexibility index (Phi) is 4.32. The summed E-state index contributed by atoms with van der Waals surface area (Å²) in [7, 11) is 0. The van der Waals surface area contributed by atoms with Crippen LogP contribution >= 0.6 is 0 Å². The number of alkyl halides is 3. The number of aliphatic hydroxyl groups excluding tert-OH is 1. The van der Waals surface area contributed by atoms with E-state index in [-0.39, 0.29) is 6.04 Å². The molecule has 1 aromatic rings. The van der Waals surface area contributed by atoms with Crippen LogP contribution in [0, 0.1) is 0 Å². The van der Waals surface area contributed by atoms with Crippen LogP contribution in [0.4, 0.5) is 13.2 Å². The average Bonchev–Trinajstić information content (AvgIpc) is 2.25. The van der Waals surface area contributed by atoms with Gasteiger partial charge in [-0.2, -0.15) is 13.2 Å². The summed E-state index contributed by atoms with van der Waals surface area (Å²) in [5, 5.41) is 11.4. The molecule has 0 aromatic heterocycles. The van der Waals surface area contributed by atoms with Crippen LogP contribution in [-0.2, 0) is 0 Å². The van der Waals surface area contributed by atoms with E-state index in [1.54, 1.807) is 6.92 Å². The van der Waals surface area contributed by atoms with Crippen molar-refractivity contribution in [2.24, 2.45) is 0 Å². The third kappa shape index (κ3) is 3.83. The largest absolute Gasteiger partial charge is 0.415 e. The minimum absolute atomic E-state index is 0.224. The molecule has 16 heavy (non-hydrogen) atoms. The molecule has 90 valence electrons. The van der Waals surface area contributed by atoms with E-state index >= 15 is 0 Å². The van der Waals surface area contributed by atoms with Crippen molar-refractivity contribution in [2.45, 2.75) is 25.2 Å². The van der Waals surface area contributed by atoms with Crippen LogP contribution < -0.4 is 5.32 Å². The first-order valence-electron chi connectivity index (χ1n) is 4.94. The van der Waals surface area contributed by atoms with Crippen LogP contribution in [0.15, 0.2) is 30.3 Å². The predicted octanol–water partition coefficient (Wildman–Crippen LogP) is 2.26. The van der Waals surface area contributed by atoms with Gasteiger partial charge >= 0.3 is 6.18 Å². The standard InChI is InChI=1S/C11H14F3NO/c1-8(9-5-3-2-4-6-9)15-7-10(16)11(12,13)14/h2-6,8,10,15-16H,7H2,1H3/t8-,10+/m1/s1. The third-order valence-electron chi connectivity index (χ3n) is 2.29. The number of rotatable bonds is 4. The van der Waals surface area contributed by atoms with E-state index in [2.05, 4.69) is 5.32 Å². The lowest BCUT2D eigenvalue weighted by Gasteiger charge is -2.19. The van der Waals surface area contributed by atoms with Crippen LogP contribution in [0.2, 0.25) is 0 Å². The molecule has 0 amide bonds. The zero-order valence-electron chi connectivity index (χ0n) is 8.83. The van der Waals surface area contributed by atoms with Gasteiger partial charge in [0.2, 0.25) is 0 Å². The summed E-state index contributed by atoms with van der Waals surface area (Å²) in [6.07, 6.45) is -6.89. The number of hydrogen-bond acceptors (Lipinski definition) is 2. The highest BCUT2D eigenvalue weighted by molar-refractivity contribution is 5.17. The summed E-state index contributed by atoms with van der Waals surface area (Å²) in [6, 6.07) is 8.87. The van der Waals surface area contributed by atoms with Gasteiger partial charge in [-0.15, -0.1) is 0 Å². The molecule has 0 aliphatic carbocycles. The van der Waals surface area contributed by atoms with Crippen molar-refractivity contribution >= 4 is 0 Å². The predicted molar refractivity (Wildman–Crippen MR) is 54.9 cm³/mol. The minimum atomic E-state index is -4.57. The molecule has 0 heterocycles. The van der Waals surface area contributed by atoms with Crippen molar-refractivity contribution in [2.75, 3.05) is 6.54 Å². The fourth-order valence-corrected chi connectivity index (χ4v) is 1.26. The molecule has 2 atom stereocenters. The lowest BCUT2D eigenvalue weighted by molar-refractivity contribution is -0.202. The molecule has 0 aliphatic rings. The number of nitrogens with one attached hydrogen (secondary N) is 1. The summed E-state index contributed by atoms with van der Waals surface area (Å²) < 4.78 is 36.0. The molecule has 2 N–H and O–H groups in total. The number of hydrogen-bond donors (Lipinski definition) is 2. The van der Waals surface area contributed by atoms with Gasteiger partial charge in [0.1, 0.15) is 0 Å². The molecule has 0 radical (unpaired) electrons. The highest BCUT2D eigenvalue weighted by Crippen LogP contribution is 2.20. The quantitative estimate of drug-likeness (QED) is 0.836. The molecule has 0 bridgehead atoms. The monoisotopic (exact) mass is 233 g/mol. The van der Waals surface area contributed by atoms with Gasteiger partial charge in [0.25, 0.3) is 0 Å². The van der Waals surface area contributed by atoms with E-state index in [9.17, 15) is 13.2 Å². The van der Waals surface area contributed by atoms with Gasteiger partial charge in [-0.05, 0) is 12.5 Å². The van der Waals surface area contributed by atoms with E-state index in [0.717, 1.165) is 5.56 Å². The lowest BCUT2D eigenvalue weighted by atomic mass is 10.1. The number of halogens is 3. The second-order valence-corrected chi connectivity index (χ2v) is 3.60. The van der Waals surface area contributed by atoms with Gasteiger partial charge in [0.15, 0.2) is 6.10 Å². The van der Waals surface area contributed by atoms with Crippen LogP contribution in [0.3, 0.4) is 0 Å². The Bertz CT molecular complexity index is 313. The molecule has 0 saturated heterocycles. The zero-order valence-corrected chi connectivity index (χ0v) is 8.83. The highest BCUT2D eigenvalue weighted by Gasteiger charge is 2.37. The second-order valence-electron chi connectivity index (χ2n) is 3.60. The van der Waals surface area contributed by atoms with Crippen molar-refractivity contribution in [1.82, 2.24) is 5.32 Å². The van der Waals surface area contributed by atoms with Crippen LogP contribution in [0.5, 0.6) is 0 Å². The van der Waals surface area contributed by atoms with Crippen molar-refractivity contribution in [3.05, 3.63) is 35.9 Å². The molecule has 0 aliphatic heterocycles. The maximum Gasteiger partial charge on any atom is 0.415 e. The minimum Gasteiger partial charge on any atom is -0.382 e. The molecule has 5 heteroatoms. The van der Waals surface area contributed by atoms with Gasteiger partial charge in [0, 0.05) is 12.6 Å². The molecular weight excluding hydrogens is 219 g/mol. The molecule has 1 aromatic carbocycles. The summed E-state index contributed by atoms with van der Waals surface area (Å²) in [5.74, 6) is 0. The van der Waals surface area contributed by atoms with E-state index in [0.29, 0.717) is 0 Å². The molecular formula is C11H14F3NO. The first-order valence-corrected chi connectivity index (χ1v) is 4.94. The van der Waals surface area contributed by atoms with Gasteiger partial charge in [-0.1, -0.05) is 30.3 Å². The number of benzene rings is 1. The first-order chi connectivity index (χ1) is 7.41. The summed E-state index contributed by atoms with van der Waals surface area (Å²) in [6.45, 7) is 1.25. The van der Waals surface area contributed by atoms with Crippen LogP contribution in [0.25, 0.3) is 0 Å². The summed E-state index contributed by atoms with van der Waals surface area (Å²) in [5.41, 5.74) is 0.886. The third-order valence-corrected chi connectivity index (χ3v) is 2.29. The first kappa shape index (κ1) is 13.0. The zero-order chi connectivity index (χ0) is 12.2. The maximum atomic E-state index is 12.0. The Morgan fingerprint density at radius 1 is 1.25 bits per heavy atom. The molecule has 0 spiro atoms. The molecule has 2 nitrogen and oxygen atoms in total. The Hall–Kier alpha value is -1.07. The lowest BCUT2D eigenvalue weighted by Crippen LogP contribution is -2.39. The highest BCUT2D eigenvalue weighted by atomic mass is 19.4. The smallest absolute Gasteiger partial charge is 0.382 e. The van der Waals surface area contributed by atoms with Crippen molar-refractivity contribution in [3.8, 4) is 0 Å². The van der Waals surface area contributed by atoms with E-state index < -0.39 is 18.8 Å². The van der Waals surface area contributed by atoms with Crippen molar-refractivity contribution < 1.29 is 18.3 Å². The number of aliphatic hydroxyl groups is 1. The van der Waals surface area contributed by atoms with Gasteiger partial charge in [0.05, 0.1) is 0 Å². The molecule has 1 rings (SSSR count). The fraction of sp³-hybridized carbons (Fsp3) is 0.455. The van der Waals surface area contributed by atoms with Crippen molar-refractivity contribution in [3.63, 3.8) is 0 Å². The fourth-order valence-electron chi connectivity index (χ4n) is 1.26. The van der Waals surface area contributed by atoms with Gasteiger partial charge in [-0.25, -0.2) is 0 Å². The second kappa shape index (κ2) is 5.32.